The molecule has 1 rings (SSSR count). The van der Waals surface area contributed by atoms with Gasteiger partial charge in [-0.1, -0.05) is 310 Å². The average Bonchev–Trinajstić information content (AvgIpc) is 3.32. The van der Waals surface area contributed by atoms with Crippen LogP contribution in [0.4, 0.5) is 0 Å². The standard InChI is InChI=1S/C62H115NO3/c1-4-7-10-13-16-19-22-25-28-31-34-37-40-43-46-49-54-64-60-57-59(52-53-63)58-61(65-55-50-47-44-41-38-35-32-29-26-23-20-17-14-11-8-5-2)62(60)66-56-51-48-45-42-39-36-33-30-27-24-21-18-15-12-9-6-3/h57-58H,4-52,54-56H2,1-3H3. The van der Waals surface area contributed by atoms with Gasteiger partial charge < -0.3 is 14.2 Å². The smallest absolute Gasteiger partial charge is 0.203 e. The molecule has 386 valence electrons. The van der Waals surface area contributed by atoms with E-state index in [2.05, 4.69) is 26.8 Å². The van der Waals surface area contributed by atoms with Gasteiger partial charge in [0.25, 0.3) is 0 Å². The maximum atomic E-state index is 9.64. The Labute approximate surface area is 414 Å². The van der Waals surface area contributed by atoms with Gasteiger partial charge in [-0.3, -0.25) is 0 Å². The second kappa shape index (κ2) is 52.5. The molecule has 0 saturated carbocycles. The van der Waals surface area contributed by atoms with Crippen LogP contribution in [0.15, 0.2) is 12.1 Å². The van der Waals surface area contributed by atoms with Crippen LogP contribution in [0.3, 0.4) is 0 Å². The Morgan fingerprint density at radius 1 is 0.288 bits per heavy atom. The fourth-order valence-corrected chi connectivity index (χ4v) is 9.67. The number of ether oxygens (including phenoxy) is 3. The Kier molecular flexibility index (Phi) is 49.4. The van der Waals surface area contributed by atoms with Crippen molar-refractivity contribution in [2.75, 3.05) is 19.8 Å². The van der Waals surface area contributed by atoms with E-state index in [1.165, 1.54) is 289 Å². The molecule has 1 aromatic rings. The van der Waals surface area contributed by atoms with E-state index in [0.29, 0.717) is 26.2 Å². The van der Waals surface area contributed by atoms with E-state index in [1.807, 2.05) is 12.1 Å². The second-order valence-corrected chi connectivity index (χ2v) is 20.7. The Morgan fingerprint density at radius 2 is 0.485 bits per heavy atom. The van der Waals surface area contributed by atoms with Crippen molar-refractivity contribution in [1.29, 1.82) is 5.26 Å². The first kappa shape index (κ1) is 62.1. The highest BCUT2D eigenvalue weighted by molar-refractivity contribution is 5.54. The molecule has 0 N–H and O–H groups in total. The third-order valence-electron chi connectivity index (χ3n) is 14.1. The summed E-state index contributed by atoms with van der Waals surface area (Å²) < 4.78 is 19.5. The number of unbranched alkanes of at least 4 members (excludes halogenated alkanes) is 45. The van der Waals surface area contributed by atoms with Crippen LogP contribution in [0.2, 0.25) is 0 Å². The molecular formula is C62H115NO3. The molecule has 0 aliphatic heterocycles. The highest BCUT2D eigenvalue weighted by atomic mass is 16.5. The zero-order valence-electron chi connectivity index (χ0n) is 45.1. The Morgan fingerprint density at radius 3 is 0.697 bits per heavy atom. The molecular weight excluding hydrogens is 807 g/mol. The molecule has 0 aliphatic rings. The number of hydrogen-bond acceptors (Lipinski definition) is 4. The molecule has 0 radical (unpaired) electrons. The molecule has 4 heteroatoms. The van der Waals surface area contributed by atoms with Crippen LogP contribution in [0.5, 0.6) is 17.2 Å². The first-order chi connectivity index (χ1) is 32.8. The average molecular weight is 923 g/mol. The van der Waals surface area contributed by atoms with Gasteiger partial charge in [-0.25, -0.2) is 0 Å². The van der Waals surface area contributed by atoms with Gasteiger partial charge in [-0.15, -0.1) is 0 Å². The lowest BCUT2D eigenvalue weighted by atomic mass is 10.0. The van der Waals surface area contributed by atoms with Crippen LogP contribution in [0, 0.1) is 11.3 Å². The minimum atomic E-state index is 0.351. The number of nitriles is 1. The van der Waals surface area contributed by atoms with Gasteiger partial charge >= 0.3 is 0 Å². The highest BCUT2D eigenvalue weighted by Gasteiger charge is 2.16. The van der Waals surface area contributed by atoms with Gasteiger partial charge in [0.15, 0.2) is 11.5 Å². The molecule has 66 heavy (non-hydrogen) atoms. The van der Waals surface area contributed by atoms with Crippen LogP contribution >= 0.6 is 0 Å². The third-order valence-corrected chi connectivity index (χ3v) is 14.1. The number of hydrogen-bond donors (Lipinski definition) is 0. The molecule has 1 aromatic carbocycles. The van der Waals surface area contributed by atoms with Gasteiger partial charge in [0, 0.05) is 0 Å². The molecule has 0 amide bonds. The normalized spacial score (nSPS) is 11.4. The van der Waals surface area contributed by atoms with E-state index in [0.717, 1.165) is 42.1 Å². The topological polar surface area (TPSA) is 51.5 Å². The quantitative estimate of drug-likeness (QED) is 0.0611. The van der Waals surface area contributed by atoms with E-state index in [9.17, 15) is 5.26 Å². The summed E-state index contributed by atoms with van der Waals surface area (Å²) in [6, 6.07) is 6.44. The lowest BCUT2D eigenvalue weighted by molar-refractivity contribution is 0.234. The van der Waals surface area contributed by atoms with Crippen molar-refractivity contribution in [2.24, 2.45) is 0 Å². The van der Waals surface area contributed by atoms with Crippen molar-refractivity contribution >= 4 is 0 Å². The fourth-order valence-electron chi connectivity index (χ4n) is 9.67. The summed E-state index contributed by atoms with van der Waals surface area (Å²) in [5.41, 5.74) is 0.955. The zero-order valence-corrected chi connectivity index (χ0v) is 45.1. The summed E-state index contributed by atoms with van der Waals surface area (Å²) in [6.07, 6.45) is 65.9. The van der Waals surface area contributed by atoms with Crippen molar-refractivity contribution in [3.05, 3.63) is 17.7 Å². The van der Waals surface area contributed by atoms with Crippen molar-refractivity contribution in [3.63, 3.8) is 0 Å². The van der Waals surface area contributed by atoms with Gasteiger partial charge in [0.05, 0.1) is 32.3 Å². The van der Waals surface area contributed by atoms with Crippen LogP contribution in [-0.4, -0.2) is 19.8 Å². The van der Waals surface area contributed by atoms with Gasteiger partial charge in [0.1, 0.15) is 0 Å². The maximum absolute atomic E-state index is 9.64. The predicted molar refractivity (Wildman–Crippen MR) is 291 cm³/mol. The van der Waals surface area contributed by atoms with Crippen molar-refractivity contribution in [1.82, 2.24) is 0 Å². The van der Waals surface area contributed by atoms with E-state index in [1.54, 1.807) is 0 Å². The van der Waals surface area contributed by atoms with Crippen LogP contribution < -0.4 is 14.2 Å². The number of nitrogens with zero attached hydrogens (tertiary/aromatic N) is 1. The lowest BCUT2D eigenvalue weighted by Gasteiger charge is -2.18. The first-order valence-corrected chi connectivity index (χ1v) is 30.2. The molecule has 0 heterocycles. The van der Waals surface area contributed by atoms with Crippen molar-refractivity contribution in [2.45, 2.75) is 335 Å². The summed E-state index contributed by atoms with van der Waals surface area (Å²) in [5.74, 6) is 2.29. The molecule has 0 aliphatic carbocycles. The van der Waals surface area contributed by atoms with Crippen LogP contribution in [0.1, 0.15) is 335 Å². The van der Waals surface area contributed by atoms with E-state index < -0.39 is 0 Å². The Hall–Kier alpha value is -1.89. The minimum absolute atomic E-state index is 0.351. The molecule has 0 atom stereocenters. The molecule has 0 aromatic heterocycles. The fraction of sp³-hybridized carbons (Fsp3) is 0.887. The van der Waals surface area contributed by atoms with Crippen molar-refractivity contribution in [3.8, 4) is 23.3 Å². The summed E-state index contributed by atoms with van der Waals surface area (Å²) in [6.45, 7) is 8.95. The van der Waals surface area contributed by atoms with E-state index in [4.69, 9.17) is 14.2 Å². The summed E-state index contributed by atoms with van der Waals surface area (Å²) >= 11 is 0. The maximum Gasteiger partial charge on any atom is 0.203 e. The molecule has 0 fully saturated rings. The second-order valence-electron chi connectivity index (χ2n) is 20.7. The van der Waals surface area contributed by atoms with Gasteiger partial charge in [-0.05, 0) is 37.0 Å². The number of rotatable bonds is 55. The summed E-state index contributed by atoms with van der Waals surface area (Å²) in [7, 11) is 0. The van der Waals surface area contributed by atoms with Crippen LogP contribution in [-0.2, 0) is 6.42 Å². The number of benzene rings is 1. The largest absolute Gasteiger partial charge is 0.490 e. The predicted octanol–water partition coefficient (Wildman–Crippen LogP) is 21.7. The van der Waals surface area contributed by atoms with Gasteiger partial charge in [-0.2, -0.15) is 5.26 Å². The zero-order chi connectivity index (χ0) is 47.3. The van der Waals surface area contributed by atoms with E-state index in [-0.39, 0.29) is 0 Å². The molecule has 0 bridgehead atoms. The minimum Gasteiger partial charge on any atom is -0.490 e. The molecule has 4 nitrogen and oxygen atoms in total. The van der Waals surface area contributed by atoms with Gasteiger partial charge in [0.2, 0.25) is 5.75 Å². The Bertz CT molecular complexity index is 1090. The SMILES string of the molecule is CCCCCCCCCCCCCCCCCCOc1cc(CC#N)cc(OCCCCCCCCCCCCCCCCCC)c1OCCCCCCCCCCCCCCCCCC. The molecule has 0 saturated heterocycles. The summed E-state index contributed by atoms with van der Waals surface area (Å²) in [5, 5.41) is 9.64. The summed E-state index contributed by atoms with van der Waals surface area (Å²) in [4.78, 5) is 0. The lowest BCUT2D eigenvalue weighted by Crippen LogP contribution is -2.07. The molecule has 0 spiro atoms. The molecule has 0 unspecified atom stereocenters. The Balaban J connectivity index is 2.46. The van der Waals surface area contributed by atoms with E-state index >= 15 is 0 Å². The highest BCUT2D eigenvalue weighted by Crippen LogP contribution is 2.40. The van der Waals surface area contributed by atoms with Crippen molar-refractivity contribution < 1.29 is 14.2 Å². The third kappa shape index (κ3) is 42.2. The monoisotopic (exact) mass is 922 g/mol. The van der Waals surface area contributed by atoms with Crippen LogP contribution in [0.25, 0.3) is 0 Å². The first-order valence-electron chi connectivity index (χ1n) is 30.2.